The van der Waals surface area contributed by atoms with Gasteiger partial charge >= 0.3 is 0 Å². The molecule has 2 nitrogen and oxygen atoms in total. The van der Waals surface area contributed by atoms with Gasteiger partial charge in [0, 0.05) is 19.6 Å². The zero-order valence-corrected chi connectivity index (χ0v) is 8.64. The molecule has 1 aromatic carbocycles. The van der Waals surface area contributed by atoms with E-state index in [9.17, 15) is 4.79 Å². The summed E-state index contributed by atoms with van der Waals surface area (Å²) in [6.07, 6.45) is -8.89. The third kappa shape index (κ3) is 1.80. The molecule has 0 saturated heterocycles. The number of benzene rings is 1. The maximum absolute atomic E-state index is 12.5. The van der Waals surface area contributed by atoms with E-state index in [-0.39, 0.29) is 10.6 Å². The van der Waals surface area contributed by atoms with E-state index in [4.69, 9.17) is 25.6 Å². The molecule has 1 aromatic rings. The number of hydrogen-bond donors (Lipinski definition) is 1. The van der Waals surface area contributed by atoms with Crippen molar-refractivity contribution in [3.63, 3.8) is 0 Å². The van der Waals surface area contributed by atoms with Gasteiger partial charge in [-0.15, -0.1) is 0 Å². The monoisotopic (exact) mass is 229 g/mol. The summed E-state index contributed by atoms with van der Waals surface area (Å²) in [7, 11) is 0. The second-order valence-corrected chi connectivity index (χ2v) is 3.68. The van der Waals surface area contributed by atoms with Gasteiger partial charge < -0.3 is 5.73 Å². The molecule has 1 saturated carbocycles. The Kier molecular flexibility index (Phi) is 1.44. The lowest BCUT2D eigenvalue weighted by atomic mass is 9.76. The molecular formula is C12H14ClNO. The average molecular weight is 230 g/mol. The molecule has 0 heterocycles. The first kappa shape index (κ1) is 5.46. The Balaban J connectivity index is 2.72. The number of hydrogen-bond acceptors (Lipinski definition) is 2. The van der Waals surface area contributed by atoms with E-state index >= 15 is 0 Å². The van der Waals surface area contributed by atoms with Crippen molar-refractivity contribution < 1.29 is 13.0 Å². The largest absolute Gasteiger partial charge is 0.315 e. The van der Waals surface area contributed by atoms with E-state index in [2.05, 4.69) is 0 Å². The van der Waals surface area contributed by atoms with Crippen molar-refractivity contribution >= 4 is 17.4 Å². The average Bonchev–Trinajstić information content (AvgIpc) is 2.34. The highest BCUT2D eigenvalue weighted by atomic mass is 35.5. The lowest BCUT2D eigenvalue weighted by molar-refractivity contribution is -0.126. The van der Waals surface area contributed by atoms with Crippen molar-refractivity contribution in [1.29, 1.82) is 0 Å². The van der Waals surface area contributed by atoms with Crippen LogP contribution < -0.4 is 5.73 Å². The normalized spacial score (nSPS) is 42.7. The number of halogens is 1. The van der Waals surface area contributed by atoms with Gasteiger partial charge in [0.25, 0.3) is 0 Å². The van der Waals surface area contributed by atoms with Crippen LogP contribution in [0.1, 0.15) is 39.3 Å². The first-order valence-corrected chi connectivity index (χ1v) is 4.84. The van der Waals surface area contributed by atoms with Crippen LogP contribution in [-0.2, 0) is 10.3 Å². The Labute approximate surface area is 103 Å². The molecule has 0 bridgehead atoms. The molecule has 1 atom stereocenters. The van der Waals surface area contributed by atoms with E-state index in [0.717, 1.165) is 0 Å². The summed E-state index contributed by atoms with van der Waals surface area (Å²) in [5, 5.41) is 0.0375. The van der Waals surface area contributed by atoms with Gasteiger partial charge in [0.15, 0.2) is 5.78 Å². The standard InChI is InChI=1S/C12H14ClNO/c13-10-6-2-1-5-9(10)12(14)8-4-3-7-11(12)15/h1-2,5-6H,3-4,7-8,14H2/i3D2,7D2,8D2. The van der Waals surface area contributed by atoms with Gasteiger partial charge in [0.05, 0.1) is 0 Å². The fraction of sp³-hybridized carbons (Fsp3) is 0.417. The summed E-state index contributed by atoms with van der Waals surface area (Å²) in [4.78, 5) is 12.5. The van der Waals surface area contributed by atoms with Crippen LogP contribution >= 0.6 is 11.6 Å². The van der Waals surface area contributed by atoms with Gasteiger partial charge in [-0.1, -0.05) is 36.2 Å². The smallest absolute Gasteiger partial charge is 0.157 e. The van der Waals surface area contributed by atoms with Crippen molar-refractivity contribution in [3.05, 3.63) is 34.9 Å². The predicted molar refractivity (Wildman–Crippen MR) is 60.8 cm³/mol. The fourth-order valence-corrected chi connectivity index (χ4v) is 1.77. The maximum Gasteiger partial charge on any atom is 0.157 e. The minimum absolute atomic E-state index is 0.0375. The van der Waals surface area contributed by atoms with E-state index in [0.29, 0.717) is 0 Å². The molecule has 15 heavy (non-hydrogen) atoms. The highest BCUT2D eigenvalue weighted by molar-refractivity contribution is 6.31. The van der Waals surface area contributed by atoms with Gasteiger partial charge in [-0.25, -0.2) is 0 Å². The fourth-order valence-electron chi connectivity index (χ4n) is 1.49. The summed E-state index contributed by atoms with van der Waals surface area (Å²) >= 11 is 5.99. The van der Waals surface area contributed by atoms with Crippen LogP contribution in [0.2, 0.25) is 5.02 Å². The molecule has 2 N–H and O–H groups in total. The minimum Gasteiger partial charge on any atom is -0.315 e. The van der Waals surface area contributed by atoms with Crippen LogP contribution in [0.15, 0.2) is 24.3 Å². The Morgan fingerprint density at radius 2 is 2.20 bits per heavy atom. The van der Waals surface area contributed by atoms with Crippen molar-refractivity contribution in [1.82, 2.24) is 0 Å². The molecule has 0 aromatic heterocycles. The highest BCUT2D eigenvalue weighted by Crippen LogP contribution is 2.35. The Bertz CT molecular complexity index is 605. The number of rotatable bonds is 1. The molecule has 0 aliphatic heterocycles. The van der Waals surface area contributed by atoms with E-state index in [1.165, 1.54) is 18.2 Å². The third-order valence-corrected chi connectivity index (χ3v) is 2.64. The van der Waals surface area contributed by atoms with Gasteiger partial charge in [-0.2, -0.15) is 0 Å². The quantitative estimate of drug-likeness (QED) is 0.805. The SMILES string of the molecule is [2H]C1([2H])CC([2H])([2H])C(N)(c2ccccc2Cl)C(=O)C1([2H])[2H]. The Morgan fingerprint density at radius 1 is 1.47 bits per heavy atom. The lowest BCUT2D eigenvalue weighted by Crippen LogP contribution is -2.47. The van der Waals surface area contributed by atoms with E-state index in [1.807, 2.05) is 0 Å². The molecule has 80 valence electrons. The van der Waals surface area contributed by atoms with Crippen LogP contribution in [0.25, 0.3) is 0 Å². The summed E-state index contributed by atoms with van der Waals surface area (Å²) in [5.74, 6) is -1.34. The van der Waals surface area contributed by atoms with Gasteiger partial charge in [0.2, 0.25) is 0 Å². The first-order valence-electron chi connectivity index (χ1n) is 7.47. The highest BCUT2D eigenvalue weighted by Gasteiger charge is 2.38. The summed E-state index contributed by atoms with van der Waals surface area (Å²) in [6, 6.07) is 5.87. The Hall–Kier alpha value is -0.860. The number of nitrogens with two attached hydrogens (primary N) is 1. The molecule has 0 radical (unpaired) electrons. The molecule has 1 fully saturated rings. The van der Waals surface area contributed by atoms with Gasteiger partial charge in [-0.3, -0.25) is 4.79 Å². The van der Waals surface area contributed by atoms with Gasteiger partial charge in [-0.05, 0) is 24.4 Å². The van der Waals surface area contributed by atoms with Crippen LogP contribution in [0.3, 0.4) is 0 Å². The molecule has 1 aliphatic carbocycles. The second-order valence-electron chi connectivity index (χ2n) is 3.27. The predicted octanol–water partition coefficient (Wildman–Crippen LogP) is 2.64. The molecule has 1 unspecified atom stereocenters. The number of carbonyl (C=O) groups excluding carboxylic acids is 1. The number of ketones is 1. The number of carbonyl (C=O) groups is 1. The molecule has 3 heteroatoms. The lowest BCUT2D eigenvalue weighted by Gasteiger charge is -2.32. The molecular weight excluding hydrogens is 210 g/mol. The molecule has 1 aliphatic rings. The number of Topliss-reactive ketones (excluding diaryl/α,β-unsaturated/α-hetero) is 1. The minimum atomic E-state index is -2.91. The van der Waals surface area contributed by atoms with Crippen molar-refractivity contribution in [2.75, 3.05) is 0 Å². The summed E-state index contributed by atoms with van der Waals surface area (Å²) in [5.41, 5.74) is 3.60. The third-order valence-electron chi connectivity index (χ3n) is 2.31. The van der Waals surface area contributed by atoms with Crippen molar-refractivity contribution in [2.45, 2.75) is 31.1 Å². The first-order chi connectivity index (χ1) is 9.38. The van der Waals surface area contributed by atoms with Crippen LogP contribution in [-0.4, -0.2) is 5.78 Å². The Morgan fingerprint density at radius 3 is 2.93 bits per heavy atom. The zero-order valence-electron chi connectivity index (χ0n) is 13.9. The summed E-state index contributed by atoms with van der Waals surface area (Å²) in [6.45, 7) is 0. The molecule has 0 amide bonds. The maximum atomic E-state index is 12.5. The van der Waals surface area contributed by atoms with Crippen molar-refractivity contribution in [2.24, 2.45) is 5.73 Å². The second kappa shape index (κ2) is 3.95. The zero-order chi connectivity index (χ0) is 16.3. The topological polar surface area (TPSA) is 43.1 Å². The van der Waals surface area contributed by atoms with Crippen LogP contribution in [0, 0.1) is 0 Å². The van der Waals surface area contributed by atoms with E-state index in [1.54, 1.807) is 6.07 Å². The van der Waals surface area contributed by atoms with Crippen LogP contribution in [0.5, 0.6) is 0 Å². The molecule has 0 spiro atoms. The van der Waals surface area contributed by atoms with Crippen LogP contribution in [0.4, 0.5) is 0 Å². The van der Waals surface area contributed by atoms with E-state index < -0.39 is 36.9 Å². The van der Waals surface area contributed by atoms with Crippen molar-refractivity contribution in [3.8, 4) is 0 Å². The summed E-state index contributed by atoms with van der Waals surface area (Å²) < 4.78 is 46.8. The van der Waals surface area contributed by atoms with Gasteiger partial charge in [0.1, 0.15) is 5.54 Å². The molecule has 2 rings (SSSR count).